The third kappa shape index (κ3) is 8.17. The summed E-state index contributed by atoms with van der Waals surface area (Å²) in [6, 6.07) is 8.15. The van der Waals surface area contributed by atoms with Gasteiger partial charge in [-0.05, 0) is 45.7 Å². The van der Waals surface area contributed by atoms with Gasteiger partial charge in [0.2, 0.25) is 5.91 Å². The minimum Gasteiger partial charge on any atom is -0.494 e. The van der Waals surface area contributed by atoms with Gasteiger partial charge in [0.15, 0.2) is 0 Å². The molecule has 0 bridgehead atoms. The summed E-state index contributed by atoms with van der Waals surface area (Å²) < 4.78 is 5.69. The van der Waals surface area contributed by atoms with Gasteiger partial charge in [0.25, 0.3) is 0 Å². The predicted octanol–water partition coefficient (Wildman–Crippen LogP) is 2.01. The van der Waals surface area contributed by atoms with Crippen LogP contribution < -0.4 is 15.4 Å². The third-order valence-electron chi connectivity index (χ3n) is 4.61. The zero-order valence-electron chi connectivity index (χ0n) is 17.4. The minimum absolute atomic E-state index is 0.0225. The van der Waals surface area contributed by atoms with Crippen molar-refractivity contribution in [1.29, 1.82) is 0 Å². The standard InChI is InChI=1S/C21H34N4O3/c1-17(2)23-20(26)16-24-11-13-25(14-12-24)21(27)22-10-4-5-15-28-19-8-6-18(3)7-9-19/h6-9,17H,4-5,10-16H2,1-3H3,(H,22,27)(H,23,26). The summed E-state index contributed by atoms with van der Waals surface area (Å²) in [7, 11) is 0. The fourth-order valence-corrected chi connectivity index (χ4v) is 3.04. The van der Waals surface area contributed by atoms with Crippen molar-refractivity contribution in [2.75, 3.05) is 45.9 Å². The van der Waals surface area contributed by atoms with Crippen LogP contribution in [0.3, 0.4) is 0 Å². The van der Waals surface area contributed by atoms with Crippen molar-refractivity contribution < 1.29 is 14.3 Å². The third-order valence-corrected chi connectivity index (χ3v) is 4.61. The Labute approximate surface area is 168 Å². The zero-order chi connectivity index (χ0) is 20.4. The van der Waals surface area contributed by atoms with Crippen LogP contribution in [0.2, 0.25) is 0 Å². The average Bonchev–Trinajstić information content (AvgIpc) is 2.65. The Morgan fingerprint density at radius 3 is 2.39 bits per heavy atom. The van der Waals surface area contributed by atoms with Crippen molar-refractivity contribution in [3.63, 3.8) is 0 Å². The van der Waals surface area contributed by atoms with Crippen LogP contribution in [-0.2, 0) is 4.79 Å². The Balaban J connectivity index is 1.53. The van der Waals surface area contributed by atoms with Crippen molar-refractivity contribution in [2.45, 2.75) is 39.7 Å². The number of benzene rings is 1. The molecule has 0 saturated carbocycles. The normalized spacial score (nSPS) is 14.8. The minimum atomic E-state index is -0.0225. The van der Waals surface area contributed by atoms with Gasteiger partial charge in [0.05, 0.1) is 13.2 Å². The fraction of sp³-hybridized carbons (Fsp3) is 0.619. The van der Waals surface area contributed by atoms with E-state index in [-0.39, 0.29) is 18.0 Å². The van der Waals surface area contributed by atoms with E-state index < -0.39 is 0 Å². The Morgan fingerprint density at radius 1 is 1.07 bits per heavy atom. The molecule has 1 aromatic carbocycles. The number of ether oxygens (including phenoxy) is 1. The van der Waals surface area contributed by atoms with Crippen molar-refractivity contribution in [2.24, 2.45) is 0 Å². The van der Waals surface area contributed by atoms with Crippen LogP contribution in [-0.4, -0.2) is 73.7 Å². The summed E-state index contributed by atoms with van der Waals surface area (Å²) >= 11 is 0. The number of hydrogen-bond donors (Lipinski definition) is 2. The highest BCUT2D eigenvalue weighted by molar-refractivity contribution is 5.78. The molecule has 2 rings (SSSR count). The quantitative estimate of drug-likeness (QED) is 0.633. The molecule has 2 N–H and O–H groups in total. The first-order valence-corrected chi connectivity index (χ1v) is 10.2. The molecular formula is C21H34N4O3. The van der Waals surface area contributed by atoms with Crippen LogP contribution in [0, 0.1) is 6.92 Å². The number of nitrogens with zero attached hydrogens (tertiary/aromatic N) is 2. The lowest BCUT2D eigenvalue weighted by molar-refractivity contribution is -0.123. The van der Waals surface area contributed by atoms with Gasteiger partial charge >= 0.3 is 6.03 Å². The van der Waals surface area contributed by atoms with Gasteiger partial charge < -0.3 is 20.3 Å². The van der Waals surface area contributed by atoms with Crippen molar-refractivity contribution in [1.82, 2.24) is 20.4 Å². The maximum absolute atomic E-state index is 12.2. The molecule has 0 atom stereocenters. The van der Waals surface area contributed by atoms with E-state index in [1.165, 1.54) is 5.56 Å². The van der Waals surface area contributed by atoms with E-state index in [2.05, 4.69) is 22.5 Å². The van der Waals surface area contributed by atoms with Gasteiger partial charge in [-0.2, -0.15) is 0 Å². The molecule has 1 aliphatic heterocycles. The fourth-order valence-electron chi connectivity index (χ4n) is 3.04. The monoisotopic (exact) mass is 390 g/mol. The van der Waals surface area contributed by atoms with Crippen LogP contribution in [0.1, 0.15) is 32.3 Å². The summed E-state index contributed by atoms with van der Waals surface area (Å²) in [5.74, 6) is 0.926. The van der Waals surface area contributed by atoms with E-state index in [0.717, 1.165) is 31.7 Å². The maximum atomic E-state index is 12.2. The van der Waals surface area contributed by atoms with Crippen LogP contribution in [0.15, 0.2) is 24.3 Å². The molecule has 0 radical (unpaired) electrons. The maximum Gasteiger partial charge on any atom is 0.317 e. The lowest BCUT2D eigenvalue weighted by Crippen LogP contribution is -2.53. The summed E-state index contributed by atoms with van der Waals surface area (Å²) in [5.41, 5.74) is 1.22. The highest BCUT2D eigenvalue weighted by atomic mass is 16.5. The van der Waals surface area contributed by atoms with E-state index in [1.54, 1.807) is 0 Å². The molecule has 1 fully saturated rings. The topological polar surface area (TPSA) is 73.9 Å². The number of unbranched alkanes of at least 4 members (excludes halogenated alkanes) is 1. The molecular weight excluding hydrogens is 356 g/mol. The van der Waals surface area contributed by atoms with Crippen molar-refractivity contribution in [3.8, 4) is 5.75 Å². The molecule has 1 aliphatic rings. The first-order chi connectivity index (χ1) is 13.4. The van der Waals surface area contributed by atoms with Gasteiger partial charge in [-0.15, -0.1) is 0 Å². The van der Waals surface area contributed by atoms with Gasteiger partial charge in [-0.3, -0.25) is 9.69 Å². The first-order valence-electron chi connectivity index (χ1n) is 10.2. The molecule has 7 nitrogen and oxygen atoms in total. The molecule has 0 unspecified atom stereocenters. The Kier molecular flexibility index (Phi) is 9.07. The number of hydrogen-bond acceptors (Lipinski definition) is 4. The largest absolute Gasteiger partial charge is 0.494 e. The molecule has 7 heteroatoms. The lowest BCUT2D eigenvalue weighted by Gasteiger charge is -2.34. The van der Waals surface area contributed by atoms with E-state index >= 15 is 0 Å². The number of amides is 3. The van der Waals surface area contributed by atoms with E-state index in [0.29, 0.717) is 32.8 Å². The second-order valence-corrected chi connectivity index (χ2v) is 7.59. The smallest absolute Gasteiger partial charge is 0.317 e. The van der Waals surface area contributed by atoms with Crippen LogP contribution >= 0.6 is 0 Å². The number of carbonyl (C=O) groups is 2. The summed E-state index contributed by atoms with van der Waals surface area (Å²) in [4.78, 5) is 28.0. The van der Waals surface area contributed by atoms with Crippen LogP contribution in [0.5, 0.6) is 5.75 Å². The Bertz CT molecular complexity index is 611. The van der Waals surface area contributed by atoms with Crippen molar-refractivity contribution in [3.05, 3.63) is 29.8 Å². The second-order valence-electron chi connectivity index (χ2n) is 7.59. The molecule has 3 amide bonds. The molecule has 1 saturated heterocycles. The molecule has 1 aromatic rings. The highest BCUT2D eigenvalue weighted by Gasteiger charge is 2.22. The van der Waals surface area contributed by atoms with Gasteiger partial charge in [-0.1, -0.05) is 17.7 Å². The number of piperazine rings is 1. The summed E-state index contributed by atoms with van der Waals surface area (Å²) in [5, 5.41) is 5.87. The number of aryl methyl sites for hydroxylation is 1. The molecule has 0 aliphatic carbocycles. The van der Waals surface area contributed by atoms with Crippen molar-refractivity contribution >= 4 is 11.9 Å². The number of urea groups is 1. The lowest BCUT2D eigenvalue weighted by atomic mass is 10.2. The zero-order valence-corrected chi connectivity index (χ0v) is 17.4. The average molecular weight is 391 g/mol. The van der Waals surface area contributed by atoms with E-state index in [4.69, 9.17) is 4.74 Å². The molecule has 1 heterocycles. The van der Waals surface area contributed by atoms with Gasteiger partial charge in [0.1, 0.15) is 5.75 Å². The number of carbonyl (C=O) groups excluding carboxylic acids is 2. The number of rotatable bonds is 9. The second kappa shape index (κ2) is 11.5. The van der Waals surface area contributed by atoms with Gasteiger partial charge in [-0.25, -0.2) is 4.79 Å². The predicted molar refractivity (Wildman–Crippen MR) is 111 cm³/mol. The first kappa shape index (κ1) is 22.0. The Morgan fingerprint density at radius 2 is 1.75 bits per heavy atom. The van der Waals surface area contributed by atoms with Crippen LogP contribution in [0.4, 0.5) is 4.79 Å². The summed E-state index contributed by atoms with van der Waals surface area (Å²) in [6.45, 7) is 10.4. The molecule has 28 heavy (non-hydrogen) atoms. The Hall–Kier alpha value is -2.28. The molecule has 156 valence electrons. The molecule has 0 spiro atoms. The highest BCUT2D eigenvalue weighted by Crippen LogP contribution is 2.11. The van der Waals surface area contributed by atoms with E-state index in [9.17, 15) is 9.59 Å². The van der Waals surface area contributed by atoms with Crippen LogP contribution in [0.25, 0.3) is 0 Å². The van der Waals surface area contributed by atoms with E-state index in [1.807, 2.05) is 43.0 Å². The summed E-state index contributed by atoms with van der Waals surface area (Å²) in [6.07, 6.45) is 1.78. The SMILES string of the molecule is Cc1ccc(OCCCCNC(=O)N2CCN(CC(=O)NC(C)C)CC2)cc1. The molecule has 0 aromatic heterocycles. The number of nitrogens with one attached hydrogen (secondary N) is 2. The van der Waals surface area contributed by atoms with Gasteiger partial charge in [0, 0.05) is 38.8 Å².